The number of hydrogen-bond donors (Lipinski definition) is 2. The van der Waals surface area contributed by atoms with Crippen LogP contribution in [0.2, 0.25) is 0 Å². The summed E-state index contributed by atoms with van der Waals surface area (Å²) >= 11 is 0. The standard InChI is InChI=1S/C18H25NO/c19-13-12-18(20)17-11-5-10-16(14-17)9-4-3-8-15-6-1-2-7-15/h5,10-11,14-15,18,20H,1-3,6-8,12-13,19H2. The van der Waals surface area contributed by atoms with Crippen LogP contribution >= 0.6 is 0 Å². The highest BCUT2D eigenvalue weighted by Gasteiger charge is 2.13. The number of rotatable bonds is 5. The monoisotopic (exact) mass is 271 g/mol. The van der Waals surface area contributed by atoms with Gasteiger partial charge in [-0.2, -0.15) is 0 Å². The zero-order valence-corrected chi connectivity index (χ0v) is 12.1. The molecular weight excluding hydrogens is 246 g/mol. The van der Waals surface area contributed by atoms with Crippen molar-refractivity contribution in [1.29, 1.82) is 0 Å². The number of aliphatic hydroxyl groups excluding tert-OH is 1. The Balaban J connectivity index is 1.87. The van der Waals surface area contributed by atoms with E-state index in [9.17, 15) is 5.11 Å². The van der Waals surface area contributed by atoms with Crippen LogP contribution in [0.3, 0.4) is 0 Å². The van der Waals surface area contributed by atoms with Gasteiger partial charge in [0.2, 0.25) is 0 Å². The first kappa shape index (κ1) is 15.1. The molecule has 1 aliphatic rings. The van der Waals surface area contributed by atoms with E-state index >= 15 is 0 Å². The largest absolute Gasteiger partial charge is 0.388 e. The van der Waals surface area contributed by atoms with Gasteiger partial charge in [0.05, 0.1) is 6.10 Å². The van der Waals surface area contributed by atoms with Crippen LogP contribution < -0.4 is 5.73 Å². The van der Waals surface area contributed by atoms with Gasteiger partial charge in [-0.1, -0.05) is 49.7 Å². The van der Waals surface area contributed by atoms with E-state index in [0.29, 0.717) is 13.0 Å². The first-order chi connectivity index (χ1) is 9.79. The molecule has 2 rings (SSSR count). The van der Waals surface area contributed by atoms with Gasteiger partial charge in [-0.05, 0) is 43.0 Å². The molecule has 0 heterocycles. The van der Waals surface area contributed by atoms with Gasteiger partial charge < -0.3 is 10.8 Å². The molecule has 1 saturated carbocycles. The highest BCUT2D eigenvalue weighted by Crippen LogP contribution is 2.28. The quantitative estimate of drug-likeness (QED) is 0.806. The Hall–Kier alpha value is -1.30. The molecule has 1 aromatic carbocycles. The molecule has 20 heavy (non-hydrogen) atoms. The van der Waals surface area contributed by atoms with Crippen molar-refractivity contribution in [1.82, 2.24) is 0 Å². The van der Waals surface area contributed by atoms with Crippen LogP contribution in [0, 0.1) is 17.8 Å². The Morgan fingerprint density at radius 3 is 2.85 bits per heavy atom. The molecule has 0 aliphatic heterocycles. The van der Waals surface area contributed by atoms with Gasteiger partial charge in [0, 0.05) is 12.0 Å². The van der Waals surface area contributed by atoms with Crippen molar-refractivity contribution >= 4 is 0 Å². The SMILES string of the molecule is NCCC(O)c1cccc(C#CCCC2CCCC2)c1. The van der Waals surface area contributed by atoms with Crippen molar-refractivity contribution in [3.05, 3.63) is 35.4 Å². The van der Waals surface area contributed by atoms with Gasteiger partial charge in [-0.25, -0.2) is 0 Å². The lowest BCUT2D eigenvalue weighted by Gasteiger charge is -2.09. The lowest BCUT2D eigenvalue weighted by atomic mass is 10.0. The predicted octanol–water partition coefficient (Wildman–Crippen LogP) is 3.39. The van der Waals surface area contributed by atoms with E-state index in [2.05, 4.69) is 11.8 Å². The van der Waals surface area contributed by atoms with Crippen molar-refractivity contribution in [2.45, 2.75) is 51.0 Å². The van der Waals surface area contributed by atoms with Crippen molar-refractivity contribution in [2.24, 2.45) is 11.7 Å². The van der Waals surface area contributed by atoms with Crippen LogP contribution in [0.4, 0.5) is 0 Å². The molecule has 1 atom stereocenters. The number of benzene rings is 1. The van der Waals surface area contributed by atoms with Crippen LogP contribution in [-0.4, -0.2) is 11.7 Å². The number of aliphatic hydroxyl groups is 1. The Kier molecular flexibility index (Phi) is 6.11. The zero-order valence-electron chi connectivity index (χ0n) is 12.1. The molecule has 0 bridgehead atoms. The maximum atomic E-state index is 9.93. The van der Waals surface area contributed by atoms with Gasteiger partial charge >= 0.3 is 0 Å². The average Bonchev–Trinajstić information content (AvgIpc) is 2.97. The first-order valence-electron chi connectivity index (χ1n) is 7.76. The molecule has 108 valence electrons. The summed E-state index contributed by atoms with van der Waals surface area (Å²) in [4.78, 5) is 0. The molecule has 0 aromatic heterocycles. The molecular formula is C18H25NO. The third kappa shape index (κ3) is 4.67. The highest BCUT2D eigenvalue weighted by atomic mass is 16.3. The maximum Gasteiger partial charge on any atom is 0.0802 e. The summed E-state index contributed by atoms with van der Waals surface area (Å²) < 4.78 is 0. The van der Waals surface area contributed by atoms with Gasteiger partial charge in [0.25, 0.3) is 0 Å². The molecule has 0 radical (unpaired) electrons. The van der Waals surface area contributed by atoms with Crippen LogP contribution in [0.15, 0.2) is 24.3 Å². The second-order valence-electron chi connectivity index (χ2n) is 5.71. The summed E-state index contributed by atoms with van der Waals surface area (Å²) in [5.41, 5.74) is 7.38. The topological polar surface area (TPSA) is 46.2 Å². The molecule has 3 N–H and O–H groups in total. The molecule has 1 fully saturated rings. The summed E-state index contributed by atoms with van der Waals surface area (Å²) in [5.74, 6) is 7.39. The Morgan fingerprint density at radius 2 is 2.10 bits per heavy atom. The fraction of sp³-hybridized carbons (Fsp3) is 0.556. The summed E-state index contributed by atoms with van der Waals surface area (Å²) in [6.07, 6.45) is 7.94. The zero-order chi connectivity index (χ0) is 14.2. The first-order valence-corrected chi connectivity index (χ1v) is 7.76. The van der Waals surface area contributed by atoms with Crippen molar-refractivity contribution in [3.8, 4) is 11.8 Å². The molecule has 1 aromatic rings. The van der Waals surface area contributed by atoms with Gasteiger partial charge in [-0.15, -0.1) is 0 Å². The number of nitrogens with two attached hydrogens (primary N) is 1. The van der Waals surface area contributed by atoms with Crippen LogP contribution in [0.25, 0.3) is 0 Å². The second-order valence-corrected chi connectivity index (χ2v) is 5.71. The minimum atomic E-state index is -0.472. The van der Waals surface area contributed by atoms with Crippen LogP contribution in [0.5, 0.6) is 0 Å². The summed E-state index contributed by atoms with van der Waals surface area (Å²) in [5, 5.41) is 9.93. The predicted molar refractivity (Wildman–Crippen MR) is 83.1 cm³/mol. The Labute approximate surface area is 122 Å². The molecule has 1 aliphatic carbocycles. The third-order valence-electron chi connectivity index (χ3n) is 4.10. The fourth-order valence-electron chi connectivity index (χ4n) is 2.89. The number of hydrogen-bond acceptors (Lipinski definition) is 2. The van der Waals surface area contributed by atoms with E-state index in [1.807, 2.05) is 24.3 Å². The van der Waals surface area contributed by atoms with E-state index in [1.54, 1.807) is 0 Å². The molecule has 0 saturated heterocycles. The van der Waals surface area contributed by atoms with Gasteiger partial charge in [-0.3, -0.25) is 0 Å². The Morgan fingerprint density at radius 1 is 1.30 bits per heavy atom. The Bertz CT molecular complexity index is 466. The van der Waals surface area contributed by atoms with E-state index in [1.165, 1.54) is 32.1 Å². The third-order valence-corrected chi connectivity index (χ3v) is 4.10. The molecule has 0 amide bonds. The average molecular weight is 271 g/mol. The van der Waals surface area contributed by atoms with Crippen molar-refractivity contribution in [2.75, 3.05) is 6.54 Å². The van der Waals surface area contributed by atoms with Crippen LogP contribution in [-0.2, 0) is 0 Å². The smallest absolute Gasteiger partial charge is 0.0802 e. The molecule has 0 spiro atoms. The van der Waals surface area contributed by atoms with Crippen molar-refractivity contribution < 1.29 is 5.11 Å². The molecule has 2 nitrogen and oxygen atoms in total. The molecule has 1 unspecified atom stereocenters. The summed E-state index contributed by atoms with van der Waals surface area (Å²) in [7, 11) is 0. The highest BCUT2D eigenvalue weighted by molar-refractivity contribution is 5.37. The van der Waals surface area contributed by atoms with Gasteiger partial charge in [0.15, 0.2) is 0 Å². The fourth-order valence-corrected chi connectivity index (χ4v) is 2.89. The minimum Gasteiger partial charge on any atom is -0.388 e. The summed E-state index contributed by atoms with van der Waals surface area (Å²) in [6, 6.07) is 7.87. The lowest BCUT2D eigenvalue weighted by Crippen LogP contribution is -2.06. The second kappa shape index (κ2) is 8.09. The van der Waals surface area contributed by atoms with Crippen molar-refractivity contribution in [3.63, 3.8) is 0 Å². The maximum absolute atomic E-state index is 9.93. The molecule has 2 heteroatoms. The normalized spacial score (nSPS) is 16.7. The van der Waals surface area contributed by atoms with Crippen LogP contribution in [0.1, 0.15) is 62.2 Å². The van der Waals surface area contributed by atoms with E-state index in [4.69, 9.17) is 5.73 Å². The van der Waals surface area contributed by atoms with Gasteiger partial charge in [0.1, 0.15) is 0 Å². The lowest BCUT2D eigenvalue weighted by molar-refractivity contribution is 0.170. The minimum absolute atomic E-state index is 0.472. The van der Waals surface area contributed by atoms with E-state index in [-0.39, 0.29) is 0 Å². The van der Waals surface area contributed by atoms with E-state index in [0.717, 1.165) is 23.5 Å². The van der Waals surface area contributed by atoms with E-state index < -0.39 is 6.10 Å². The summed E-state index contributed by atoms with van der Waals surface area (Å²) in [6.45, 7) is 0.498.